The molecule has 1 fully saturated rings. The minimum atomic E-state index is -1.29. The number of pyridine rings is 2. The second-order valence-corrected chi connectivity index (χ2v) is 10.6. The van der Waals surface area contributed by atoms with E-state index in [2.05, 4.69) is 20.7 Å². The molecule has 0 radical (unpaired) electrons. The predicted octanol–water partition coefficient (Wildman–Crippen LogP) is 5.98. The van der Waals surface area contributed by atoms with Gasteiger partial charge < -0.3 is 20.3 Å². The normalized spacial score (nSPS) is 15.1. The Morgan fingerprint density at radius 2 is 1.76 bits per heavy atom. The van der Waals surface area contributed by atoms with Crippen LogP contribution in [0.3, 0.4) is 0 Å². The summed E-state index contributed by atoms with van der Waals surface area (Å²) in [5.41, 5.74) is 1.40. The number of rotatable bonds is 8. The van der Waals surface area contributed by atoms with Gasteiger partial charge in [0.15, 0.2) is 17.3 Å². The van der Waals surface area contributed by atoms with Gasteiger partial charge in [-0.3, -0.25) is 9.59 Å². The summed E-state index contributed by atoms with van der Waals surface area (Å²) in [6.07, 6.45) is 4.97. The van der Waals surface area contributed by atoms with E-state index in [0.29, 0.717) is 22.8 Å². The molecule has 4 heterocycles. The number of hydrogen-bond donors (Lipinski definition) is 2. The lowest BCUT2D eigenvalue weighted by Crippen LogP contribution is -2.61. The molecule has 1 unspecified atom stereocenters. The zero-order valence-electron chi connectivity index (χ0n) is 24.1. The maximum Gasteiger partial charge on any atom is 0.331 e. The third-order valence-electron chi connectivity index (χ3n) is 7.19. The van der Waals surface area contributed by atoms with Gasteiger partial charge in [-0.15, -0.1) is 0 Å². The highest BCUT2D eigenvalue weighted by atomic mass is 19.1. The van der Waals surface area contributed by atoms with Crippen LogP contribution in [0.15, 0.2) is 91.4 Å². The smallest absolute Gasteiger partial charge is 0.331 e. The minimum Gasteiger partial charge on any atom is -0.452 e. The fourth-order valence-corrected chi connectivity index (χ4v) is 4.93. The van der Waals surface area contributed by atoms with Crippen molar-refractivity contribution in [2.75, 3.05) is 22.1 Å². The third kappa shape index (κ3) is 6.00. The lowest BCUT2D eigenvalue weighted by Gasteiger charge is -2.39. The SMILES string of the molecule is CC(C)N1CC(C(=O)Nc2ccc(Oc3cc(Nc4ccccn4)cn4nccc34)c(F)c2)C(=O)N(c2ccc(F)cc2)C1=O. The van der Waals surface area contributed by atoms with E-state index < -0.39 is 35.4 Å². The van der Waals surface area contributed by atoms with Crippen molar-refractivity contribution in [1.82, 2.24) is 19.5 Å². The van der Waals surface area contributed by atoms with E-state index in [-0.39, 0.29) is 29.7 Å². The Balaban J connectivity index is 1.21. The first-order valence-corrected chi connectivity index (χ1v) is 14.0. The molecule has 2 N–H and O–H groups in total. The van der Waals surface area contributed by atoms with E-state index in [0.717, 1.165) is 23.1 Å². The molecule has 6 rings (SSSR count). The number of urea groups is 1. The van der Waals surface area contributed by atoms with Crippen molar-refractivity contribution in [2.24, 2.45) is 5.92 Å². The monoisotopic (exact) mass is 611 g/mol. The van der Waals surface area contributed by atoms with E-state index in [9.17, 15) is 18.8 Å². The molecule has 0 spiro atoms. The second kappa shape index (κ2) is 12.0. The molecule has 3 aromatic heterocycles. The highest BCUT2D eigenvalue weighted by molar-refractivity contribution is 6.23. The van der Waals surface area contributed by atoms with Crippen LogP contribution in [0.4, 0.5) is 36.5 Å². The molecule has 11 nitrogen and oxygen atoms in total. The van der Waals surface area contributed by atoms with Crippen LogP contribution in [0, 0.1) is 17.6 Å². The van der Waals surface area contributed by atoms with Crippen LogP contribution in [-0.2, 0) is 9.59 Å². The fourth-order valence-electron chi connectivity index (χ4n) is 4.93. The highest BCUT2D eigenvalue weighted by Gasteiger charge is 2.44. The average molecular weight is 612 g/mol. The third-order valence-corrected chi connectivity index (χ3v) is 7.19. The number of amides is 4. The Hall–Kier alpha value is -5.85. The van der Waals surface area contributed by atoms with Crippen molar-refractivity contribution in [1.29, 1.82) is 0 Å². The molecule has 45 heavy (non-hydrogen) atoms. The number of benzene rings is 2. The molecular formula is C32H27F2N7O4. The van der Waals surface area contributed by atoms with Crippen LogP contribution in [0.5, 0.6) is 11.5 Å². The molecule has 1 saturated heterocycles. The predicted molar refractivity (Wildman–Crippen MR) is 162 cm³/mol. The van der Waals surface area contributed by atoms with Gasteiger partial charge in [-0.2, -0.15) is 5.10 Å². The van der Waals surface area contributed by atoms with Gasteiger partial charge in [-0.1, -0.05) is 6.07 Å². The lowest BCUT2D eigenvalue weighted by molar-refractivity contribution is -0.132. The van der Waals surface area contributed by atoms with Crippen LogP contribution in [0.2, 0.25) is 0 Å². The quantitative estimate of drug-likeness (QED) is 0.207. The number of fused-ring (bicyclic) bond motifs is 1. The largest absolute Gasteiger partial charge is 0.452 e. The summed E-state index contributed by atoms with van der Waals surface area (Å²) in [6, 6.07) is 16.6. The number of ether oxygens (including phenoxy) is 1. The summed E-state index contributed by atoms with van der Waals surface area (Å²) in [6.45, 7) is 3.33. The summed E-state index contributed by atoms with van der Waals surface area (Å²) < 4.78 is 36.4. The van der Waals surface area contributed by atoms with E-state index in [1.165, 1.54) is 29.2 Å². The number of nitrogens with zero attached hydrogens (tertiary/aromatic N) is 5. The summed E-state index contributed by atoms with van der Waals surface area (Å²) in [5.74, 6) is -3.30. The van der Waals surface area contributed by atoms with Crippen molar-refractivity contribution >= 4 is 46.2 Å². The Labute approximate surface area is 256 Å². The molecule has 5 aromatic rings. The zero-order valence-corrected chi connectivity index (χ0v) is 24.1. The zero-order chi connectivity index (χ0) is 31.7. The van der Waals surface area contributed by atoms with Crippen molar-refractivity contribution in [2.45, 2.75) is 19.9 Å². The summed E-state index contributed by atoms with van der Waals surface area (Å²) in [5, 5.41) is 9.99. The maximum atomic E-state index is 15.3. The van der Waals surface area contributed by atoms with Gasteiger partial charge in [0, 0.05) is 36.6 Å². The van der Waals surface area contributed by atoms with Gasteiger partial charge in [0.2, 0.25) is 11.8 Å². The molecule has 13 heteroatoms. The van der Waals surface area contributed by atoms with Crippen molar-refractivity contribution in [3.8, 4) is 11.5 Å². The number of carbonyl (C=O) groups is 3. The average Bonchev–Trinajstić information content (AvgIpc) is 3.49. The van der Waals surface area contributed by atoms with E-state index >= 15 is 4.39 Å². The van der Waals surface area contributed by atoms with E-state index in [4.69, 9.17) is 4.74 Å². The van der Waals surface area contributed by atoms with E-state index in [1.54, 1.807) is 61.2 Å². The molecule has 1 atom stereocenters. The topological polar surface area (TPSA) is 121 Å². The number of nitrogens with one attached hydrogen (secondary N) is 2. The van der Waals surface area contributed by atoms with Gasteiger partial charge >= 0.3 is 6.03 Å². The van der Waals surface area contributed by atoms with Gasteiger partial charge in [0.05, 0.1) is 23.8 Å². The Morgan fingerprint density at radius 3 is 2.47 bits per heavy atom. The second-order valence-electron chi connectivity index (χ2n) is 10.6. The molecule has 0 saturated carbocycles. The molecule has 1 aliphatic rings. The first kappa shape index (κ1) is 29.2. The molecule has 228 valence electrons. The van der Waals surface area contributed by atoms with Gasteiger partial charge in [0.1, 0.15) is 23.1 Å². The van der Waals surface area contributed by atoms with Crippen molar-refractivity contribution < 1.29 is 27.9 Å². The lowest BCUT2D eigenvalue weighted by atomic mass is 10.0. The number of aromatic nitrogens is 3. The molecule has 4 amide bonds. The summed E-state index contributed by atoms with van der Waals surface area (Å²) >= 11 is 0. The number of carbonyl (C=O) groups excluding carboxylic acids is 3. The fraction of sp³-hybridized carbons (Fsp3) is 0.156. The van der Waals surface area contributed by atoms with Gasteiger partial charge in [0.25, 0.3) is 0 Å². The van der Waals surface area contributed by atoms with Crippen molar-refractivity contribution in [3.05, 3.63) is 103 Å². The molecule has 2 aromatic carbocycles. The van der Waals surface area contributed by atoms with Crippen LogP contribution >= 0.6 is 0 Å². The first-order chi connectivity index (χ1) is 21.7. The summed E-state index contributed by atoms with van der Waals surface area (Å²) in [7, 11) is 0. The number of imide groups is 1. The molecule has 0 bridgehead atoms. The highest BCUT2D eigenvalue weighted by Crippen LogP contribution is 2.33. The molecular weight excluding hydrogens is 584 g/mol. The van der Waals surface area contributed by atoms with Gasteiger partial charge in [-0.05, 0) is 68.4 Å². The Bertz CT molecular complexity index is 1900. The van der Waals surface area contributed by atoms with Gasteiger partial charge in [-0.25, -0.2) is 28.0 Å². The Kier molecular flexibility index (Phi) is 7.82. The van der Waals surface area contributed by atoms with E-state index in [1.807, 2.05) is 6.07 Å². The number of halogens is 2. The van der Waals surface area contributed by atoms with Crippen LogP contribution in [0.1, 0.15) is 13.8 Å². The molecule has 0 aliphatic carbocycles. The minimum absolute atomic E-state index is 0.0825. The van der Waals surface area contributed by atoms with Crippen LogP contribution in [-0.4, -0.2) is 49.9 Å². The maximum absolute atomic E-state index is 15.3. The van der Waals surface area contributed by atoms with Crippen LogP contribution < -0.4 is 20.3 Å². The standard InChI is InChI=1S/C32H27F2N7O4/c1-19(2)39-18-24(31(43)41(32(39)44)23-9-6-20(33)7-10-23)30(42)38-21-8-11-27(25(34)15-21)45-28-16-22(17-40-26(28)12-14-36-40)37-29-5-3-4-13-35-29/h3-17,19,24H,18H2,1-2H3,(H,35,37)(H,38,42). The molecule has 1 aliphatic heterocycles. The van der Waals surface area contributed by atoms with Crippen molar-refractivity contribution in [3.63, 3.8) is 0 Å². The summed E-state index contributed by atoms with van der Waals surface area (Å²) in [4.78, 5) is 46.3. The van der Waals surface area contributed by atoms with Crippen LogP contribution in [0.25, 0.3) is 5.52 Å². The number of hydrogen-bond acceptors (Lipinski definition) is 7. The number of anilines is 4. The first-order valence-electron chi connectivity index (χ1n) is 14.0. The Morgan fingerprint density at radius 1 is 0.956 bits per heavy atom.